The highest BCUT2D eigenvalue weighted by Crippen LogP contribution is 2.23. The maximum atomic E-state index is 11.7. The first-order valence-corrected chi connectivity index (χ1v) is 5.92. The Hall–Kier alpha value is -1.75. The lowest BCUT2D eigenvalue weighted by Gasteiger charge is -2.12. The second kappa shape index (κ2) is 5.27. The number of hydrogen-bond acceptors (Lipinski definition) is 3. The summed E-state index contributed by atoms with van der Waals surface area (Å²) >= 11 is 5.79. The number of amides is 2. The van der Waals surface area contributed by atoms with Gasteiger partial charge in [-0.1, -0.05) is 11.6 Å². The number of ether oxygens (including phenoxy) is 1. The molecule has 1 heterocycles. The molecular weight excluding hydrogens is 256 g/mol. The predicted molar refractivity (Wildman–Crippen MR) is 67.8 cm³/mol. The molecule has 96 valence electrons. The van der Waals surface area contributed by atoms with Gasteiger partial charge in [-0.2, -0.15) is 0 Å². The molecule has 5 nitrogen and oxygen atoms in total. The van der Waals surface area contributed by atoms with Crippen molar-refractivity contribution >= 4 is 29.3 Å². The Morgan fingerprint density at radius 1 is 1.50 bits per heavy atom. The van der Waals surface area contributed by atoms with E-state index in [2.05, 4.69) is 5.32 Å². The highest BCUT2D eigenvalue weighted by atomic mass is 35.5. The number of nitrogens with one attached hydrogen (secondary N) is 1. The highest BCUT2D eigenvalue weighted by molar-refractivity contribution is 6.30. The molecular formula is C12H13ClN2O3. The molecule has 1 aromatic rings. The van der Waals surface area contributed by atoms with Crippen LogP contribution in [0.15, 0.2) is 24.3 Å². The van der Waals surface area contributed by atoms with Crippen LogP contribution in [0.4, 0.5) is 10.5 Å². The van der Waals surface area contributed by atoms with Gasteiger partial charge in [-0.3, -0.25) is 9.69 Å². The second-order valence-electron chi connectivity index (χ2n) is 4.03. The summed E-state index contributed by atoms with van der Waals surface area (Å²) in [5.74, 6) is -0.143. The van der Waals surface area contributed by atoms with Crippen molar-refractivity contribution in [3.05, 3.63) is 29.3 Å². The molecule has 0 unspecified atom stereocenters. The minimum atomic E-state index is -0.410. The third-order valence-electron chi connectivity index (χ3n) is 2.59. The Kier molecular flexibility index (Phi) is 3.72. The maximum absolute atomic E-state index is 11.7. The Balaban J connectivity index is 2.00. The molecule has 0 aromatic heterocycles. The third kappa shape index (κ3) is 2.92. The largest absolute Gasteiger partial charge is 0.442 e. The predicted octanol–water partition coefficient (Wildman–Crippen LogP) is 1.80. The van der Waals surface area contributed by atoms with Crippen LogP contribution >= 0.6 is 11.6 Å². The lowest BCUT2D eigenvalue weighted by molar-refractivity contribution is -0.119. The van der Waals surface area contributed by atoms with Gasteiger partial charge in [-0.05, 0) is 24.3 Å². The Bertz CT molecular complexity index is 461. The summed E-state index contributed by atoms with van der Waals surface area (Å²) in [6.07, 6.45) is -0.732. The van der Waals surface area contributed by atoms with Crippen molar-refractivity contribution in [1.29, 1.82) is 0 Å². The van der Waals surface area contributed by atoms with Crippen molar-refractivity contribution in [1.82, 2.24) is 5.32 Å². The minimum Gasteiger partial charge on any atom is -0.442 e. The lowest BCUT2D eigenvalue weighted by atomic mass is 10.2. The van der Waals surface area contributed by atoms with Crippen molar-refractivity contribution in [2.24, 2.45) is 0 Å². The third-order valence-corrected chi connectivity index (χ3v) is 2.84. The molecule has 1 fully saturated rings. The molecule has 0 saturated carbocycles. The first kappa shape index (κ1) is 12.7. The number of halogens is 1. The van der Waals surface area contributed by atoms with E-state index in [1.807, 2.05) is 0 Å². The highest BCUT2D eigenvalue weighted by Gasteiger charge is 2.32. The number of nitrogens with zero attached hydrogens (tertiary/aromatic N) is 1. The van der Waals surface area contributed by atoms with E-state index in [0.29, 0.717) is 18.1 Å². The fourth-order valence-corrected chi connectivity index (χ4v) is 1.84. The van der Waals surface area contributed by atoms with E-state index >= 15 is 0 Å². The van der Waals surface area contributed by atoms with E-state index in [9.17, 15) is 9.59 Å². The summed E-state index contributed by atoms with van der Waals surface area (Å²) in [6, 6.07) is 6.94. The van der Waals surface area contributed by atoms with Gasteiger partial charge in [0.05, 0.1) is 13.1 Å². The standard InChI is InChI=1S/C12H13ClN2O3/c1-8(16)14-6-11-7-15(12(17)18-11)10-4-2-9(13)3-5-10/h2-5,11H,6-7H2,1H3,(H,14,16)/t11-/m1/s1. The zero-order valence-corrected chi connectivity index (χ0v) is 10.6. The molecule has 0 radical (unpaired) electrons. The number of rotatable bonds is 3. The average molecular weight is 269 g/mol. The fourth-order valence-electron chi connectivity index (χ4n) is 1.72. The number of cyclic esters (lactones) is 1. The van der Waals surface area contributed by atoms with Crippen LogP contribution in [-0.2, 0) is 9.53 Å². The Morgan fingerprint density at radius 3 is 2.78 bits per heavy atom. The second-order valence-corrected chi connectivity index (χ2v) is 4.47. The van der Waals surface area contributed by atoms with Crippen LogP contribution in [0.1, 0.15) is 6.92 Å². The Labute approximate surface area is 110 Å². The molecule has 1 saturated heterocycles. The van der Waals surface area contributed by atoms with Crippen LogP contribution < -0.4 is 10.2 Å². The summed E-state index contributed by atoms with van der Waals surface area (Å²) in [7, 11) is 0. The molecule has 0 spiro atoms. The van der Waals surface area contributed by atoms with Crippen molar-refractivity contribution in [3.63, 3.8) is 0 Å². The van der Waals surface area contributed by atoms with Gasteiger partial charge in [0.25, 0.3) is 0 Å². The number of hydrogen-bond donors (Lipinski definition) is 1. The van der Waals surface area contributed by atoms with Gasteiger partial charge in [0.2, 0.25) is 5.91 Å². The molecule has 1 aliphatic rings. The van der Waals surface area contributed by atoms with Crippen LogP contribution in [-0.4, -0.2) is 31.2 Å². The zero-order chi connectivity index (χ0) is 13.1. The molecule has 2 rings (SSSR count). The SMILES string of the molecule is CC(=O)NC[C@@H]1CN(c2ccc(Cl)cc2)C(=O)O1. The molecule has 1 aliphatic heterocycles. The first-order chi connectivity index (χ1) is 8.56. The number of carbonyl (C=O) groups excluding carboxylic acids is 2. The van der Waals surface area contributed by atoms with Crippen molar-refractivity contribution in [2.45, 2.75) is 13.0 Å². The van der Waals surface area contributed by atoms with Crippen LogP contribution in [0.2, 0.25) is 5.02 Å². The quantitative estimate of drug-likeness (QED) is 0.909. The van der Waals surface area contributed by atoms with E-state index in [1.54, 1.807) is 24.3 Å². The Morgan fingerprint density at radius 2 is 2.17 bits per heavy atom. The monoisotopic (exact) mass is 268 g/mol. The summed E-state index contributed by atoms with van der Waals surface area (Å²) in [5, 5.41) is 3.24. The molecule has 2 amide bonds. The van der Waals surface area contributed by atoms with Crippen LogP contribution in [0.25, 0.3) is 0 Å². The molecule has 6 heteroatoms. The lowest BCUT2D eigenvalue weighted by Crippen LogP contribution is -2.33. The van der Waals surface area contributed by atoms with Gasteiger partial charge < -0.3 is 10.1 Å². The zero-order valence-electron chi connectivity index (χ0n) is 9.85. The topological polar surface area (TPSA) is 58.6 Å². The van der Waals surface area contributed by atoms with Gasteiger partial charge in [-0.25, -0.2) is 4.79 Å². The normalized spacial score (nSPS) is 18.7. The molecule has 18 heavy (non-hydrogen) atoms. The van der Waals surface area contributed by atoms with Crippen LogP contribution in [0.5, 0.6) is 0 Å². The molecule has 0 bridgehead atoms. The van der Waals surface area contributed by atoms with E-state index in [4.69, 9.17) is 16.3 Å². The van der Waals surface area contributed by atoms with E-state index in [0.717, 1.165) is 5.69 Å². The summed E-state index contributed by atoms with van der Waals surface area (Å²) in [6.45, 7) is 2.17. The molecule has 0 aliphatic carbocycles. The van der Waals surface area contributed by atoms with E-state index in [1.165, 1.54) is 11.8 Å². The van der Waals surface area contributed by atoms with Gasteiger partial charge in [-0.15, -0.1) is 0 Å². The van der Waals surface area contributed by atoms with Gasteiger partial charge >= 0.3 is 6.09 Å². The number of benzene rings is 1. The summed E-state index contributed by atoms with van der Waals surface area (Å²) in [5.41, 5.74) is 0.731. The van der Waals surface area contributed by atoms with Crippen LogP contribution in [0, 0.1) is 0 Å². The van der Waals surface area contributed by atoms with Gasteiger partial charge in [0.1, 0.15) is 6.10 Å². The van der Waals surface area contributed by atoms with Crippen LogP contribution in [0.3, 0.4) is 0 Å². The minimum absolute atomic E-state index is 0.143. The average Bonchev–Trinajstić information content (AvgIpc) is 2.69. The summed E-state index contributed by atoms with van der Waals surface area (Å²) in [4.78, 5) is 24.0. The van der Waals surface area contributed by atoms with Crippen molar-refractivity contribution in [3.8, 4) is 0 Å². The summed E-state index contributed by atoms with van der Waals surface area (Å²) < 4.78 is 5.15. The van der Waals surface area contributed by atoms with Crippen molar-refractivity contribution in [2.75, 3.05) is 18.0 Å². The molecule has 1 atom stereocenters. The van der Waals surface area contributed by atoms with Crippen molar-refractivity contribution < 1.29 is 14.3 Å². The fraction of sp³-hybridized carbons (Fsp3) is 0.333. The number of carbonyl (C=O) groups is 2. The smallest absolute Gasteiger partial charge is 0.414 e. The molecule has 1 aromatic carbocycles. The molecule has 1 N–H and O–H groups in total. The van der Waals surface area contributed by atoms with Gasteiger partial charge in [0, 0.05) is 17.6 Å². The first-order valence-electron chi connectivity index (χ1n) is 5.54. The maximum Gasteiger partial charge on any atom is 0.414 e. The van der Waals surface area contributed by atoms with E-state index < -0.39 is 6.09 Å². The number of anilines is 1. The van der Waals surface area contributed by atoms with E-state index in [-0.39, 0.29) is 12.0 Å². The van der Waals surface area contributed by atoms with Gasteiger partial charge in [0.15, 0.2) is 0 Å².